The van der Waals surface area contributed by atoms with Crippen molar-refractivity contribution in [3.63, 3.8) is 0 Å². The molecule has 0 spiro atoms. The minimum absolute atomic E-state index is 0.245. The maximum atomic E-state index is 12.2. The highest BCUT2D eigenvalue weighted by molar-refractivity contribution is 5.94. The lowest BCUT2D eigenvalue weighted by atomic mass is 10.1. The van der Waals surface area contributed by atoms with E-state index in [4.69, 9.17) is 9.47 Å². The number of benzene rings is 2. The fourth-order valence-corrected chi connectivity index (χ4v) is 2.71. The normalized spacial score (nSPS) is 11.3. The molecule has 31 heavy (non-hydrogen) atoms. The molecular formula is C26H32N2O3. The predicted molar refractivity (Wildman–Crippen MR) is 127 cm³/mol. The molecule has 5 nitrogen and oxygen atoms in total. The van der Waals surface area contributed by atoms with Crippen LogP contribution in [0.15, 0.2) is 76.9 Å². The summed E-state index contributed by atoms with van der Waals surface area (Å²) in [5.74, 6) is 1.34. The van der Waals surface area contributed by atoms with E-state index in [2.05, 4.69) is 37.4 Å². The zero-order valence-corrected chi connectivity index (χ0v) is 18.9. The third kappa shape index (κ3) is 9.34. The zero-order valence-electron chi connectivity index (χ0n) is 18.9. The smallest absolute Gasteiger partial charge is 0.271 e. The van der Waals surface area contributed by atoms with Gasteiger partial charge in [-0.1, -0.05) is 29.4 Å². The number of hydrogen-bond acceptors (Lipinski definition) is 4. The SMILES string of the molecule is CCOc1ccc(OCc2ccc(C(=O)N/N=C\C=C(/C)CCC=C(C)C)cc2)cc1. The molecule has 5 heteroatoms. The van der Waals surface area contributed by atoms with Crippen LogP contribution in [0.25, 0.3) is 0 Å². The Morgan fingerprint density at radius 3 is 2.23 bits per heavy atom. The Hall–Kier alpha value is -3.34. The van der Waals surface area contributed by atoms with E-state index in [-0.39, 0.29) is 5.91 Å². The Bertz CT molecular complexity index is 907. The van der Waals surface area contributed by atoms with Gasteiger partial charge in [0.2, 0.25) is 0 Å². The van der Waals surface area contributed by atoms with Crippen molar-refractivity contribution < 1.29 is 14.3 Å². The van der Waals surface area contributed by atoms with Crippen LogP contribution in [-0.2, 0) is 6.61 Å². The van der Waals surface area contributed by atoms with Crippen molar-refractivity contribution in [3.05, 3.63) is 83.0 Å². The maximum absolute atomic E-state index is 12.2. The minimum Gasteiger partial charge on any atom is -0.494 e. The summed E-state index contributed by atoms with van der Waals surface area (Å²) in [6, 6.07) is 14.8. The molecule has 0 unspecified atom stereocenters. The summed E-state index contributed by atoms with van der Waals surface area (Å²) in [6.45, 7) is 9.26. The maximum Gasteiger partial charge on any atom is 0.271 e. The molecule has 0 bridgehead atoms. The monoisotopic (exact) mass is 420 g/mol. The highest BCUT2D eigenvalue weighted by Gasteiger charge is 2.04. The number of carbonyl (C=O) groups excluding carboxylic acids is 1. The number of carbonyl (C=O) groups is 1. The van der Waals surface area contributed by atoms with Crippen LogP contribution < -0.4 is 14.9 Å². The molecule has 0 heterocycles. The van der Waals surface area contributed by atoms with Gasteiger partial charge in [-0.25, -0.2) is 5.43 Å². The Morgan fingerprint density at radius 2 is 1.61 bits per heavy atom. The van der Waals surface area contributed by atoms with Gasteiger partial charge in [-0.3, -0.25) is 4.79 Å². The van der Waals surface area contributed by atoms with E-state index in [9.17, 15) is 4.79 Å². The third-order valence-corrected chi connectivity index (χ3v) is 4.45. The van der Waals surface area contributed by atoms with E-state index in [0.29, 0.717) is 18.8 Å². The van der Waals surface area contributed by atoms with Crippen molar-refractivity contribution in [2.45, 2.75) is 47.1 Å². The van der Waals surface area contributed by atoms with E-state index >= 15 is 0 Å². The lowest BCUT2D eigenvalue weighted by Gasteiger charge is -2.08. The van der Waals surface area contributed by atoms with Crippen LogP contribution in [0.5, 0.6) is 11.5 Å². The van der Waals surface area contributed by atoms with Gasteiger partial charge in [0.1, 0.15) is 18.1 Å². The molecule has 2 rings (SSSR count). The summed E-state index contributed by atoms with van der Waals surface area (Å²) in [6.07, 6.45) is 7.74. The third-order valence-electron chi connectivity index (χ3n) is 4.45. The van der Waals surface area contributed by atoms with Gasteiger partial charge in [0.25, 0.3) is 5.91 Å². The largest absolute Gasteiger partial charge is 0.494 e. The number of rotatable bonds is 11. The van der Waals surface area contributed by atoms with Crippen molar-refractivity contribution in [1.82, 2.24) is 5.43 Å². The van der Waals surface area contributed by atoms with Crippen molar-refractivity contribution in [1.29, 1.82) is 0 Å². The molecule has 0 atom stereocenters. The van der Waals surface area contributed by atoms with Crippen molar-refractivity contribution in [3.8, 4) is 11.5 Å². The van der Waals surface area contributed by atoms with Gasteiger partial charge in [0.05, 0.1) is 6.61 Å². The van der Waals surface area contributed by atoms with Gasteiger partial charge in [0.15, 0.2) is 0 Å². The second-order valence-electron chi connectivity index (χ2n) is 7.44. The first-order chi connectivity index (χ1) is 15.0. The first-order valence-electron chi connectivity index (χ1n) is 10.5. The summed E-state index contributed by atoms with van der Waals surface area (Å²) in [5.41, 5.74) is 6.61. The Balaban J connectivity index is 1.78. The van der Waals surface area contributed by atoms with E-state index in [0.717, 1.165) is 29.9 Å². The van der Waals surface area contributed by atoms with Crippen LogP contribution in [0.2, 0.25) is 0 Å². The van der Waals surface area contributed by atoms with Crippen molar-refractivity contribution >= 4 is 12.1 Å². The predicted octanol–water partition coefficient (Wildman–Crippen LogP) is 6.07. The highest BCUT2D eigenvalue weighted by Crippen LogP contribution is 2.18. The topological polar surface area (TPSA) is 59.9 Å². The van der Waals surface area contributed by atoms with Gasteiger partial charge in [-0.2, -0.15) is 5.10 Å². The fourth-order valence-electron chi connectivity index (χ4n) is 2.71. The standard InChI is InChI=1S/C26H32N2O3/c1-5-30-24-13-15-25(16-14-24)31-19-22-9-11-23(12-10-22)26(29)28-27-18-17-21(4)8-6-7-20(2)3/h7,9-18H,5-6,8,19H2,1-4H3,(H,28,29)/b21-17+,27-18-. The number of ether oxygens (including phenoxy) is 2. The average molecular weight is 421 g/mol. The molecule has 0 fully saturated rings. The number of nitrogens with one attached hydrogen (secondary N) is 1. The number of nitrogens with zero attached hydrogens (tertiary/aromatic N) is 1. The van der Waals surface area contributed by atoms with Crippen molar-refractivity contribution in [2.75, 3.05) is 6.61 Å². The molecule has 0 radical (unpaired) electrons. The molecule has 0 aliphatic carbocycles. The van der Waals surface area contributed by atoms with Crippen LogP contribution in [0.1, 0.15) is 56.5 Å². The van der Waals surface area contributed by atoms with Gasteiger partial charge in [0, 0.05) is 11.8 Å². The molecule has 164 valence electrons. The second kappa shape index (κ2) is 13.1. The molecule has 0 aliphatic rings. The molecule has 0 saturated heterocycles. The van der Waals surface area contributed by atoms with Crippen LogP contribution >= 0.6 is 0 Å². The Morgan fingerprint density at radius 1 is 0.968 bits per heavy atom. The van der Waals surface area contributed by atoms with Gasteiger partial charge >= 0.3 is 0 Å². The molecule has 1 amide bonds. The lowest BCUT2D eigenvalue weighted by Crippen LogP contribution is -2.17. The van der Waals surface area contributed by atoms with E-state index < -0.39 is 0 Å². The van der Waals surface area contributed by atoms with Crippen LogP contribution in [0, 0.1) is 0 Å². The van der Waals surface area contributed by atoms with E-state index in [1.807, 2.05) is 49.4 Å². The molecule has 2 aromatic carbocycles. The fraction of sp³-hybridized carbons (Fsp3) is 0.308. The second-order valence-corrected chi connectivity index (χ2v) is 7.44. The summed E-state index contributed by atoms with van der Waals surface area (Å²) in [5, 5.41) is 4.00. The van der Waals surface area contributed by atoms with Gasteiger partial charge < -0.3 is 9.47 Å². The zero-order chi connectivity index (χ0) is 22.5. The molecular weight excluding hydrogens is 388 g/mol. The minimum atomic E-state index is -0.245. The summed E-state index contributed by atoms with van der Waals surface area (Å²) < 4.78 is 11.2. The van der Waals surface area contributed by atoms with Crippen LogP contribution in [0.4, 0.5) is 0 Å². The molecule has 2 aromatic rings. The van der Waals surface area contributed by atoms with Gasteiger partial charge in [-0.05, 0) is 88.6 Å². The summed E-state index contributed by atoms with van der Waals surface area (Å²) in [4.78, 5) is 12.2. The van der Waals surface area contributed by atoms with Crippen LogP contribution in [-0.4, -0.2) is 18.7 Å². The highest BCUT2D eigenvalue weighted by atomic mass is 16.5. The van der Waals surface area contributed by atoms with Crippen molar-refractivity contribution in [2.24, 2.45) is 5.10 Å². The number of hydrogen-bond donors (Lipinski definition) is 1. The average Bonchev–Trinajstić information content (AvgIpc) is 2.76. The van der Waals surface area contributed by atoms with Gasteiger partial charge in [-0.15, -0.1) is 0 Å². The molecule has 1 N–H and O–H groups in total. The summed E-state index contributed by atoms with van der Waals surface area (Å²) in [7, 11) is 0. The number of allylic oxidation sites excluding steroid dienone is 4. The number of amides is 1. The first kappa shape index (κ1) is 23.9. The number of hydrazone groups is 1. The van der Waals surface area contributed by atoms with E-state index in [1.54, 1.807) is 18.3 Å². The lowest BCUT2D eigenvalue weighted by molar-refractivity contribution is 0.0955. The summed E-state index contributed by atoms with van der Waals surface area (Å²) >= 11 is 0. The van der Waals surface area contributed by atoms with Crippen LogP contribution in [0.3, 0.4) is 0 Å². The first-order valence-corrected chi connectivity index (χ1v) is 10.5. The molecule has 0 aromatic heterocycles. The molecule has 0 aliphatic heterocycles. The Kier molecular flexibility index (Phi) is 10.1. The van der Waals surface area contributed by atoms with E-state index in [1.165, 1.54) is 11.1 Å². The molecule has 0 saturated carbocycles. The Labute approximate surface area is 185 Å². The quantitative estimate of drug-likeness (QED) is 0.272.